The Balaban J connectivity index is 2.42. The molecule has 0 aliphatic rings. The van der Waals surface area contributed by atoms with E-state index in [2.05, 4.69) is 37.4 Å². The van der Waals surface area contributed by atoms with Gasteiger partial charge in [-0.2, -0.15) is 25.3 Å². The third-order valence-corrected chi connectivity index (χ3v) is 2.73. The maximum absolute atomic E-state index is 5.60. The minimum Gasteiger partial charge on any atom is -0.494 e. The molecule has 1 aromatic carbocycles. The molecule has 0 unspecified atom stereocenters. The van der Waals surface area contributed by atoms with E-state index in [0.717, 1.165) is 43.1 Å². The molecule has 0 saturated carbocycles. The van der Waals surface area contributed by atoms with Crippen molar-refractivity contribution in [2.75, 3.05) is 18.1 Å². The van der Waals surface area contributed by atoms with Crippen molar-refractivity contribution in [3.8, 4) is 5.75 Å². The van der Waals surface area contributed by atoms with E-state index in [-0.39, 0.29) is 0 Å². The van der Waals surface area contributed by atoms with Gasteiger partial charge in [0.15, 0.2) is 0 Å². The Labute approximate surface area is 103 Å². The molecule has 1 nitrogen and oxygen atoms in total. The van der Waals surface area contributed by atoms with Crippen LogP contribution in [0.4, 0.5) is 0 Å². The van der Waals surface area contributed by atoms with Crippen LogP contribution >= 0.6 is 25.3 Å². The SMILES string of the molecule is SCCCOc1cccc(CCCS)c1. The van der Waals surface area contributed by atoms with E-state index < -0.39 is 0 Å². The molecule has 0 radical (unpaired) electrons. The van der Waals surface area contributed by atoms with Crippen molar-refractivity contribution in [3.05, 3.63) is 29.8 Å². The fourth-order valence-corrected chi connectivity index (χ4v) is 1.62. The van der Waals surface area contributed by atoms with Gasteiger partial charge in [-0.05, 0) is 48.5 Å². The normalized spacial score (nSPS) is 10.3. The summed E-state index contributed by atoms with van der Waals surface area (Å²) in [6, 6.07) is 8.30. The third-order valence-electron chi connectivity index (χ3n) is 2.09. The van der Waals surface area contributed by atoms with E-state index in [1.54, 1.807) is 0 Å². The van der Waals surface area contributed by atoms with Crippen LogP contribution in [-0.2, 0) is 6.42 Å². The lowest BCUT2D eigenvalue weighted by Gasteiger charge is -2.06. The van der Waals surface area contributed by atoms with Gasteiger partial charge in [0, 0.05) is 0 Å². The number of hydrogen-bond acceptors (Lipinski definition) is 3. The van der Waals surface area contributed by atoms with Gasteiger partial charge in [-0.3, -0.25) is 0 Å². The molecule has 84 valence electrons. The first kappa shape index (κ1) is 12.8. The number of hydrogen-bond donors (Lipinski definition) is 2. The Bertz CT molecular complexity index is 276. The molecule has 0 spiro atoms. The number of benzene rings is 1. The average molecular weight is 242 g/mol. The van der Waals surface area contributed by atoms with Crippen LogP contribution in [0.1, 0.15) is 18.4 Å². The van der Waals surface area contributed by atoms with Gasteiger partial charge in [0.05, 0.1) is 6.61 Å². The molecule has 0 atom stereocenters. The minimum atomic E-state index is 0.750. The number of thiol groups is 2. The lowest BCUT2D eigenvalue weighted by molar-refractivity contribution is 0.318. The van der Waals surface area contributed by atoms with E-state index in [0.29, 0.717) is 0 Å². The highest BCUT2D eigenvalue weighted by Crippen LogP contribution is 2.15. The molecular formula is C12H18OS2. The predicted molar refractivity (Wildman–Crippen MR) is 72.6 cm³/mol. The van der Waals surface area contributed by atoms with Crippen molar-refractivity contribution in [3.63, 3.8) is 0 Å². The van der Waals surface area contributed by atoms with Gasteiger partial charge in [0.25, 0.3) is 0 Å². The molecule has 0 heterocycles. The van der Waals surface area contributed by atoms with E-state index in [1.165, 1.54) is 5.56 Å². The van der Waals surface area contributed by atoms with Crippen LogP contribution in [0.5, 0.6) is 5.75 Å². The molecular weight excluding hydrogens is 224 g/mol. The van der Waals surface area contributed by atoms with Crippen LogP contribution in [0.25, 0.3) is 0 Å². The number of ether oxygens (including phenoxy) is 1. The molecule has 0 bridgehead atoms. The molecule has 1 aromatic rings. The molecule has 15 heavy (non-hydrogen) atoms. The second-order valence-electron chi connectivity index (χ2n) is 3.40. The van der Waals surface area contributed by atoms with Gasteiger partial charge in [-0.15, -0.1) is 0 Å². The zero-order chi connectivity index (χ0) is 10.9. The molecule has 0 amide bonds. The Morgan fingerprint density at radius 3 is 2.60 bits per heavy atom. The van der Waals surface area contributed by atoms with Crippen LogP contribution < -0.4 is 4.74 Å². The molecule has 1 rings (SSSR count). The first-order chi connectivity index (χ1) is 7.36. The van der Waals surface area contributed by atoms with Crippen LogP contribution in [0.15, 0.2) is 24.3 Å². The van der Waals surface area contributed by atoms with E-state index >= 15 is 0 Å². The minimum absolute atomic E-state index is 0.750. The van der Waals surface area contributed by atoms with Crippen LogP contribution in [0.2, 0.25) is 0 Å². The molecule has 0 aromatic heterocycles. The standard InChI is InChI=1S/C12H18OS2/c14-8-2-5-11-4-1-6-12(10-11)13-7-3-9-15/h1,4,6,10,14-15H,2-3,5,7-9H2. The zero-order valence-corrected chi connectivity index (χ0v) is 10.6. The highest BCUT2D eigenvalue weighted by atomic mass is 32.1. The van der Waals surface area contributed by atoms with Gasteiger partial charge in [0.1, 0.15) is 5.75 Å². The smallest absolute Gasteiger partial charge is 0.119 e. The van der Waals surface area contributed by atoms with E-state index in [1.807, 2.05) is 12.1 Å². The molecule has 0 aliphatic carbocycles. The fraction of sp³-hybridized carbons (Fsp3) is 0.500. The van der Waals surface area contributed by atoms with Crippen molar-refractivity contribution in [1.82, 2.24) is 0 Å². The number of aryl methyl sites for hydroxylation is 1. The highest BCUT2D eigenvalue weighted by molar-refractivity contribution is 7.80. The van der Waals surface area contributed by atoms with E-state index in [9.17, 15) is 0 Å². The summed E-state index contributed by atoms with van der Waals surface area (Å²) in [5.74, 6) is 2.78. The topological polar surface area (TPSA) is 9.23 Å². The summed E-state index contributed by atoms with van der Waals surface area (Å²) in [6.07, 6.45) is 3.18. The lowest BCUT2D eigenvalue weighted by atomic mass is 10.1. The summed E-state index contributed by atoms with van der Waals surface area (Å²) >= 11 is 8.35. The Hall–Kier alpha value is -0.280. The first-order valence-electron chi connectivity index (χ1n) is 5.30. The number of rotatable bonds is 7. The molecule has 0 N–H and O–H groups in total. The van der Waals surface area contributed by atoms with Crippen molar-refractivity contribution >= 4 is 25.3 Å². The molecule has 0 aliphatic heterocycles. The summed E-state index contributed by atoms with van der Waals surface area (Å²) in [5.41, 5.74) is 1.33. The van der Waals surface area contributed by atoms with Crippen molar-refractivity contribution < 1.29 is 4.74 Å². The summed E-state index contributed by atoms with van der Waals surface area (Å²) in [7, 11) is 0. The van der Waals surface area contributed by atoms with Gasteiger partial charge < -0.3 is 4.74 Å². The second kappa shape index (κ2) is 7.94. The van der Waals surface area contributed by atoms with Crippen LogP contribution in [-0.4, -0.2) is 18.1 Å². The van der Waals surface area contributed by atoms with E-state index in [4.69, 9.17) is 4.74 Å². The predicted octanol–water partition coefficient (Wildman–Crippen LogP) is 3.25. The largest absolute Gasteiger partial charge is 0.494 e. The Morgan fingerprint density at radius 1 is 1.07 bits per heavy atom. The molecule has 0 fully saturated rings. The zero-order valence-electron chi connectivity index (χ0n) is 8.85. The first-order valence-corrected chi connectivity index (χ1v) is 6.57. The van der Waals surface area contributed by atoms with Gasteiger partial charge in [0.2, 0.25) is 0 Å². The van der Waals surface area contributed by atoms with Crippen molar-refractivity contribution in [2.24, 2.45) is 0 Å². The third kappa shape index (κ3) is 5.38. The maximum atomic E-state index is 5.60. The second-order valence-corrected chi connectivity index (χ2v) is 4.29. The van der Waals surface area contributed by atoms with Gasteiger partial charge in [-0.1, -0.05) is 12.1 Å². The summed E-state index contributed by atoms with van der Waals surface area (Å²) in [4.78, 5) is 0. The Kier molecular flexibility index (Phi) is 6.77. The summed E-state index contributed by atoms with van der Waals surface area (Å²) < 4.78 is 5.60. The van der Waals surface area contributed by atoms with Gasteiger partial charge >= 0.3 is 0 Å². The van der Waals surface area contributed by atoms with Crippen LogP contribution in [0.3, 0.4) is 0 Å². The fourth-order valence-electron chi connectivity index (χ4n) is 1.33. The van der Waals surface area contributed by atoms with Crippen LogP contribution in [0, 0.1) is 0 Å². The molecule has 3 heteroatoms. The van der Waals surface area contributed by atoms with Crippen molar-refractivity contribution in [1.29, 1.82) is 0 Å². The monoisotopic (exact) mass is 242 g/mol. The highest BCUT2D eigenvalue weighted by Gasteiger charge is 1.96. The summed E-state index contributed by atoms with van der Waals surface area (Å²) in [5, 5.41) is 0. The molecule has 0 saturated heterocycles. The maximum Gasteiger partial charge on any atom is 0.119 e. The lowest BCUT2D eigenvalue weighted by Crippen LogP contribution is -1.98. The quantitative estimate of drug-likeness (QED) is 0.551. The van der Waals surface area contributed by atoms with Crippen molar-refractivity contribution in [2.45, 2.75) is 19.3 Å². The van der Waals surface area contributed by atoms with Gasteiger partial charge in [-0.25, -0.2) is 0 Å². The average Bonchev–Trinajstić information content (AvgIpc) is 2.27. The Morgan fingerprint density at radius 2 is 1.87 bits per heavy atom. The summed E-state index contributed by atoms with van der Waals surface area (Å²) in [6.45, 7) is 0.750.